The number of pyridine rings is 1. The van der Waals surface area contributed by atoms with Crippen LogP contribution in [-0.4, -0.2) is 60.5 Å². The lowest BCUT2D eigenvalue weighted by Crippen LogP contribution is -2.49. The number of benzene rings is 1. The van der Waals surface area contributed by atoms with E-state index in [0.29, 0.717) is 13.1 Å². The average Bonchev–Trinajstić information content (AvgIpc) is 2.65. The van der Waals surface area contributed by atoms with Crippen molar-refractivity contribution in [1.82, 2.24) is 14.8 Å². The van der Waals surface area contributed by atoms with Crippen LogP contribution in [0.15, 0.2) is 42.6 Å². The predicted octanol–water partition coefficient (Wildman–Crippen LogP) is 2.48. The fourth-order valence-corrected chi connectivity index (χ4v) is 3.35. The van der Waals surface area contributed by atoms with Gasteiger partial charge < -0.3 is 9.80 Å². The monoisotopic (exact) mass is 352 g/mol. The molecule has 2 aromatic rings. The number of aromatic nitrogens is 1. The van der Waals surface area contributed by atoms with Crippen molar-refractivity contribution in [2.75, 3.05) is 44.7 Å². The van der Waals surface area contributed by atoms with Crippen LogP contribution in [0.25, 0.3) is 0 Å². The van der Waals surface area contributed by atoms with E-state index in [0.717, 1.165) is 32.0 Å². The lowest BCUT2D eigenvalue weighted by Gasteiger charge is -2.35. The molecule has 1 aliphatic rings. The van der Waals surface area contributed by atoms with Crippen LogP contribution in [0.5, 0.6) is 0 Å². The largest absolute Gasteiger partial charge is 0.354 e. The Morgan fingerprint density at radius 2 is 1.88 bits per heavy atom. The van der Waals surface area contributed by atoms with Gasteiger partial charge in [-0.3, -0.25) is 9.69 Å². The lowest BCUT2D eigenvalue weighted by atomic mass is 10.1. The second kappa shape index (κ2) is 8.32. The van der Waals surface area contributed by atoms with Gasteiger partial charge in [-0.05, 0) is 37.1 Å². The first-order valence-corrected chi connectivity index (χ1v) is 9.21. The molecule has 1 amide bonds. The molecule has 2 heterocycles. The van der Waals surface area contributed by atoms with E-state index < -0.39 is 0 Å². The van der Waals surface area contributed by atoms with Crippen molar-refractivity contribution in [3.63, 3.8) is 0 Å². The molecule has 0 spiro atoms. The molecule has 1 aromatic carbocycles. The van der Waals surface area contributed by atoms with E-state index in [2.05, 4.69) is 46.8 Å². The summed E-state index contributed by atoms with van der Waals surface area (Å²) in [7, 11) is 1.89. The molecule has 138 valence electrons. The topological polar surface area (TPSA) is 39.7 Å². The number of aryl methyl sites for hydroxylation is 2. The maximum Gasteiger partial charge on any atom is 0.236 e. The Morgan fingerprint density at radius 3 is 2.54 bits per heavy atom. The normalized spacial score (nSPS) is 15.1. The summed E-state index contributed by atoms with van der Waals surface area (Å²) in [5.74, 6) is 1.20. The Balaban J connectivity index is 1.49. The fraction of sp³-hybridized carbons (Fsp3) is 0.429. The van der Waals surface area contributed by atoms with E-state index in [-0.39, 0.29) is 5.91 Å². The molecule has 5 heteroatoms. The summed E-state index contributed by atoms with van der Waals surface area (Å²) in [6.07, 6.45) is 1.83. The van der Waals surface area contributed by atoms with E-state index in [1.807, 2.05) is 36.3 Å². The second-order valence-corrected chi connectivity index (χ2v) is 7.13. The minimum Gasteiger partial charge on any atom is -0.354 e. The Labute approximate surface area is 156 Å². The highest BCUT2D eigenvalue weighted by molar-refractivity contribution is 5.78. The first-order chi connectivity index (χ1) is 12.5. The molecule has 3 rings (SSSR count). The Hall–Kier alpha value is -2.40. The van der Waals surface area contributed by atoms with E-state index >= 15 is 0 Å². The number of rotatable bonds is 5. The summed E-state index contributed by atoms with van der Waals surface area (Å²) in [6.45, 7) is 8.94. The number of carbonyl (C=O) groups excluding carboxylic acids is 1. The first kappa shape index (κ1) is 18.4. The maximum absolute atomic E-state index is 12.6. The van der Waals surface area contributed by atoms with E-state index in [1.165, 1.54) is 16.7 Å². The predicted molar refractivity (Wildman–Crippen MR) is 105 cm³/mol. The van der Waals surface area contributed by atoms with E-state index in [9.17, 15) is 4.79 Å². The molecule has 0 radical (unpaired) electrons. The van der Waals surface area contributed by atoms with Gasteiger partial charge in [0, 0.05) is 46.0 Å². The molecular formula is C21H28N4O. The highest BCUT2D eigenvalue weighted by atomic mass is 16.2. The zero-order valence-corrected chi connectivity index (χ0v) is 16.0. The van der Waals surface area contributed by atoms with Crippen LogP contribution in [0.3, 0.4) is 0 Å². The van der Waals surface area contributed by atoms with Crippen molar-refractivity contribution in [3.05, 3.63) is 59.3 Å². The van der Waals surface area contributed by atoms with Gasteiger partial charge in [0.15, 0.2) is 0 Å². The number of carbonyl (C=O) groups is 1. The van der Waals surface area contributed by atoms with Gasteiger partial charge >= 0.3 is 0 Å². The smallest absolute Gasteiger partial charge is 0.236 e. The highest BCUT2D eigenvalue weighted by Crippen LogP contribution is 2.14. The third-order valence-corrected chi connectivity index (χ3v) is 5.04. The van der Waals surface area contributed by atoms with E-state index in [1.54, 1.807) is 0 Å². The van der Waals surface area contributed by atoms with Gasteiger partial charge in [0.05, 0.1) is 6.54 Å². The molecule has 1 aliphatic heterocycles. The van der Waals surface area contributed by atoms with Crippen molar-refractivity contribution >= 4 is 11.7 Å². The third kappa shape index (κ3) is 4.61. The minimum absolute atomic E-state index is 0.177. The summed E-state index contributed by atoms with van der Waals surface area (Å²) in [4.78, 5) is 23.4. The molecule has 1 aromatic heterocycles. The molecule has 0 N–H and O–H groups in total. The SMILES string of the molecule is Cc1ccc(CN(C)C(=O)CN2CCN(c3ccccn3)CC2)c(C)c1. The van der Waals surface area contributed by atoms with Crippen LogP contribution in [0.2, 0.25) is 0 Å². The summed E-state index contributed by atoms with van der Waals surface area (Å²) in [6, 6.07) is 12.4. The number of likely N-dealkylation sites (N-methyl/N-ethyl adjacent to an activating group) is 1. The minimum atomic E-state index is 0.177. The van der Waals surface area contributed by atoms with Crippen LogP contribution >= 0.6 is 0 Å². The quantitative estimate of drug-likeness (QED) is 0.829. The molecule has 0 bridgehead atoms. The summed E-state index contributed by atoms with van der Waals surface area (Å²) in [5.41, 5.74) is 3.71. The zero-order valence-electron chi connectivity index (χ0n) is 16.0. The van der Waals surface area contributed by atoms with Gasteiger partial charge in [-0.15, -0.1) is 0 Å². The van der Waals surface area contributed by atoms with Crippen molar-refractivity contribution in [1.29, 1.82) is 0 Å². The number of piperazine rings is 1. The van der Waals surface area contributed by atoms with Gasteiger partial charge in [0.25, 0.3) is 0 Å². The standard InChI is InChI=1S/C21H28N4O/c1-17-7-8-19(18(2)14-17)15-23(3)21(26)16-24-10-12-25(13-11-24)20-6-4-5-9-22-20/h4-9,14H,10-13,15-16H2,1-3H3. The molecule has 5 nitrogen and oxygen atoms in total. The lowest BCUT2D eigenvalue weighted by molar-refractivity contribution is -0.131. The summed E-state index contributed by atoms with van der Waals surface area (Å²) in [5, 5.41) is 0. The summed E-state index contributed by atoms with van der Waals surface area (Å²) < 4.78 is 0. The van der Waals surface area contributed by atoms with Gasteiger partial charge in [0.2, 0.25) is 5.91 Å². The molecule has 1 fully saturated rings. The number of nitrogens with zero attached hydrogens (tertiary/aromatic N) is 4. The molecule has 0 atom stereocenters. The molecular weight excluding hydrogens is 324 g/mol. The molecule has 0 aliphatic carbocycles. The van der Waals surface area contributed by atoms with Crippen LogP contribution in [-0.2, 0) is 11.3 Å². The Morgan fingerprint density at radius 1 is 1.12 bits per heavy atom. The van der Waals surface area contributed by atoms with Crippen molar-refractivity contribution in [2.24, 2.45) is 0 Å². The van der Waals surface area contributed by atoms with Crippen LogP contribution in [0, 0.1) is 13.8 Å². The average molecular weight is 352 g/mol. The number of anilines is 1. The van der Waals surface area contributed by atoms with Gasteiger partial charge in [0.1, 0.15) is 5.82 Å². The summed E-state index contributed by atoms with van der Waals surface area (Å²) >= 11 is 0. The molecule has 1 saturated heterocycles. The highest BCUT2D eigenvalue weighted by Gasteiger charge is 2.21. The van der Waals surface area contributed by atoms with Crippen LogP contribution < -0.4 is 4.90 Å². The van der Waals surface area contributed by atoms with Gasteiger partial charge in [-0.1, -0.05) is 29.8 Å². The Kier molecular flexibility index (Phi) is 5.89. The fourth-order valence-electron chi connectivity index (χ4n) is 3.35. The first-order valence-electron chi connectivity index (χ1n) is 9.21. The number of hydrogen-bond acceptors (Lipinski definition) is 4. The molecule has 26 heavy (non-hydrogen) atoms. The van der Waals surface area contributed by atoms with Crippen LogP contribution in [0.1, 0.15) is 16.7 Å². The van der Waals surface area contributed by atoms with Crippen molar-refractivity contribution in [3.8, 4) is 0 Å². The maximum atomic E-state index is 12.6. The van der Waals surface area contributed by atoms with Crippen molar-refractivity contribution in [2.45, 2.75) is 20.4 Å². The van der Waals surface area contributed by atoms with Crippen molar-refractivity contribution < 1.29 is 4.79 Å². The molecule has 0 saturated carbocycles. The number of amides is 1. The van der Waals surface area contributed by atoms with E-state index in [4.69, 9.17) is 0 Å². The zero-order chi connectivity index (χ0) is 18.5. The molecule has 0 unspecified atom stereocenters. The van der Waals surface area contributed by atoms with Crippen LogP contribution in [0.4, 0.5) is 5.82 Å². The second-order valence-electron chi connectivity index (χ2n) is 7.13. The van der Waals surface area contributed by atoms with Gasteiger partial charge in [-0.25, -0.2) is 4.98 Å². The number of hydrogen-bond donors (Lipinski definition) is 0. The third-order valence-electron chi connectivity index (χ3n) is 5.04. The van der Waals surface area contributed by atoms with Gasteiger partial charge in [-0.2, -0.15) is 0 Å². The Bertz CT molecular complexity index is 739.